The van der Waals surface area contributed by atoms with Gasteiger partial charge in [0.2, 0.25) is 0 Å². The van der Waals surface area contributed by atoms with Gasteiger partial charge in [-0.1, -0.05) is 13.3 Å². The van der Waals surface area contributed by atoms with Gasteiger partial charge in [0.1, 0.15) is 18.5 Å². The summed E-state index contributed by atoms with van der Waals surface area (Å²) in [5, 5.41) is 32.0. The summed E-state index contributed by atoms with van der Waals surface area (Å²) in [6.07, 6.45) is 4.36. The van der Waals surface area contributed by atoms with Crippen molar-refractivity contribution >= 4 is 17.2 Å². The maximum absolute atomic E-state index is 12.1. The smallest absolute Gasteiger partial charge is 0.261 e. The van der Waals surface area contributed by atoms with Crippen LogP contribution in [0.1, 0.15) is 42.3 Å². The predicted molar refractivity (Wildman–Crippen MR) is 99.0 cm³/mol. The van der Waals surface area contributed by atoms with Crippen molar-refractivity contribution in [1.82, 2.24) is 5.32 Å². The molecule has 1 aromatic heterocycles. The number of aliphatic hydroxyl groups is 2. The SMILES string of the molecule is C=C(C)[O-].O=C(NCCC1C2CCCC21)c1cc(OCC(O)CO)cs1. The zero-order chi connectivity index (χ0) is 19.1. The van der Waals surface area contributed by atoms with E-state index in [4.69, 9.17) is 9.84 Å². The molecule has 146 valence electrons. The highest BCUT2D eigenvalue weighted by Gasteiger charge is 2.51. The average Bonchev–Trinajstić information content (AvgIpc) is 3.02. The number of carbonyl (C=O) groups excluding carboxylic acids is 1. The normalized spacial score (nSPS) is 24.0. The number of allylic oxidation sites excluding steroid dienone is 1. The van der Waals surface area contributed by atoms with Crippen LogP contribution >= 0.6 is 11.3 Å². The molecule has 3 unspecified atom stereocenters. The highest BCUT2D eigenvalue weighted by Crippen LogP contribution is 2.58. The Bertz CT molecular complexity index is 589. The Balaban J connectivity index is 0.000000552. The van der Waals surface area contributed by atoms with Crippen molar-refractivity contribution in [2.24, 2.45) is 17.8 Å². The highest BCUT2D eigenvalue weighted by atomic mass is 32.1. The van der Waals surface area contributed by atoms with E-state index in [-0.39, 0.29) is 24.9 Å². The lowest BCUT2D eigenvalue weighted by molar-refractivity contribution is -0.300. The number of ether oxygens (including phenoxy) is 1. The van der Waals surface area contributed by atoms with Crippen LogP contribution in [0.25, 0.3) is 0 Å². The Morgan fingerprint density at radius 3 is 2.77 bits per heavy atom. The predicted octanol–water partition coefficient (Wildman–Crippen LogP) is 1.53. The molecule has 0 bridgehead atoms. The zero-order valence-electron chi connectivity index (χ0n) is 15.1. The monoisotopic (exact) mass is 382 g/mol. The summed E-state index contributed by atoms with van der Waals surface area (Å²) in [4.78, 5) is 12.7. The molecule has 0 spiro atoms. The summed E-state index contributed by atoms with van der Waals surface area (Å²) < 4.78 is 5.31. The number of nitrogens with one attached hydrogen (secondary N) is 1. The molecule has 0 radical (unpaired) electrons. The molecule has 2 fully saturated rings. The minimum Gasteiger partial charge on any atom is -0.876 e. The van der Waals surface area contributed by atoms with Crippen LogP contribution in [-0.4, -0.2) is 42.0 Å². The van der Waals surface area contributed by atoms with Crippen LogP contribution in [0.3, 0.4) is 0 Å². The topological polar surface area (TPSA) is 102 Å². The molecule has 2 saturated carbocycles. The van der Waals surface area contributed by atoms with Gasteiger partial charge >= 0.3 is 0 Å². The third kappa shape index (κ3) is 6.30. The van der Waals surface area contributed by atoms with E-state index in [0.29, 0.717) is 10.6 Å². The Hall–Kier alpha value is -1.57. The summed E-state index contributed by atoms with van der Waals surface area (Å²) in [5.41, 5.74) is 0. The van der Waals surface area contributed by atoms with E-state index < -0.39 is 6.10 Å². The molecule has 0 saturated heterocycles. The van der Waals surface area contributed by atoms with Crippen LogP contribution in [0.2, 0.25) is 0 Å². The quantitative estimate of drug-likeness (QED) is 0.592. The summed E-state index contributed by atoms with van der Waals surface area (Å²) in [6, 6.07) is 1.68. The lowest BCUT2D eigenvalue weighted by atomic mass is 10.1. The number of amides is 1. The second-order valence-corrected chi connectivity index (χ2v) is 7.87. The highest BCUT2D eigenvalue weighted by molar-refractivity contribution is 7.12. The van der Waals surface area contributed by atoms with Crippen molar-refractivity contribution in [1.29, 1.82) is 0 Å². The summed E-state index contributed by atoms with van der Waals surface area (Å²) in [5.74, 6) is 3.14. The first kappa shape index (κ1) is 20.7. The van der Waals surface area contributed by atoms with E-state index in [0.717, 1.165) is 30.7 Å². The van der Waals surface area contributed by atoms with E-state index >= 15 is 0 Å². The molecule has 3 N–H and O–H groups in total. The molecular formula is C19H28NO5S-. The third-order valence-electron chi connectivity index (χ3n) is 4.80. The van der Waals surface area contributed by atoms with Crippen LogP contribution in [0.4, 0.5) is 0 Å². The van der Waals surface area contributed by atoms with Gasteiger partial charge in [0.05, 0.1) is 11.5 Å². The van der Waals surface area contributed by atoms with Crippen LogP contribution in [0.15, 0.2) is 23.8 Å². The third-order valence-corrected chi connectivity index (χ3v) is 5.71. The Morgan fingerprint density at radius 2 is 2.15 bits per heavy atom. The fraction of sp³-hybridized carbons (Fsp3) is 0.632. The number of carbonyl (C=O) groups is 1. The second kappa shape index (κ2) is 9.94. The van der Waals surface area contributed by atoms with E-state index in [1.54, 1.807) is 11.4 Å². The van der Waals surface area contributed by atoms with Gasteiger partial charge in [-0.15, -0.1) is 23.7 Å². The molecule has 1 heterocycles. The molecule has 1 amide bonds. The number of aliphatic hydroxyl groups excluding tert-OH is 2. The first-order chi connectivity index (χ1) is 12.4. The van der Waals surface area contributed by atoms with Crippen molar-refractivity contribution in [2.75, 3.05) is 19.8 Å². The minimum atomic E-state index is -0.893. The lowest BCUT2D eigenvalue weighted by Gasteiger charge is -2.07. The molecule has 3 rings (SSSR count). The minimum absolute atomic E-state index is 0.0265. The van der Waals surface area contributed by atoms with Gasteiger partial charge in [0.25, 0.3) is 5.91 Å². The molecule has 0 aromatic carbocycles. The number of hydrogen-bond acceptors (Lipinski definition) is 6. The van der Waals surface area contributed by atoms with Gasteiger partial charge in [-0.05, 0) is 37.0 Å². The zero-order valence-corrected chi connectivity index (χ0v) is 16.0. The molecule has 26 heavy (non-hydrogen) atoms. The van der Waals surface area contributed by atoms with Gasteiger partial charge in [0, 0.05) is 18.0 Å². The Labute approximate surface area is 158 Å². The maximum Gasteiger partial charge on any atom is 0.261 e. The Kier molecular flexibility index (Phi) is 7.93. The van der Waals surface area contributed by atoms with E-state index in [1.165, 1.54) is 37.5 Å². The summed E-state index contributed by atoms with van der Waals surface area (Å²) in [7, 11) is 0. The van der Waals surface area contributed by atoms with E-state index in [1.807, 2.05) is 0 Å². The molecule has 2 aliphatic carbocycles. The van der Waals surface area contributed by atoms with Crippen molar-refractivity contribution in [3.05, 3.63) is 28.7 Å². The molecule has 7 heteroatoms. The van der Waals surface area contributed by atoms with E-state index in [2.05, 4.69) is 11.9 Å². The molecule has 3 atom stereocenters. The molecule has 0 aliphatic heterocycles. The van der Waals surface area contributed by atoms with Crippen LogP contribution in [-0.2, 0) is 0 Å². The van der Waals surface area contributed by atoms with Crippen LogP contribution < -0.4 is 15.2 Å². The van der Waals surface area contributed by atoms with Gasteiger partial charge in [-0.25, -0.2) is 0 Å². The molecule has 2 aliphatic rings. The molecular weight excluding hydrogens is 354 g/mol. The number of thiophene rings is 1. The number of fused-ring (bicyclic) bond motifs is 1. The largest absolute Gasteiger partial charge is 0.876 e. The first-order valence-corrected chi connectivity index (χ1v) is 9.91. The fourth-order valence-electron chi connectivity index (χ4n) is 3.60. The van der Waals surface area contributed by atoms with Crippen molar-refractivity contribution in [3.8, 4) is 5.75 Å². The lowest BCUT2D eigenvalue weighted by Crippen LogP contribution is -2.24. The maximum atomic E-state index is 12.1. The van der Waals surface area contributed by atoms with Crippen molar-refractivity contribution in [2.45, 2.75) is 38.7 Å². The van der Waals surface area contributed by atoms with Gasteiger partial charge in [-0.2, -0.15) is 0 Å². The van der Waals surface area contributed by atoms with Gasteiger partial charge in [-0.3, -0.25) is 4.79 Å². The van der Waals surface area contributed by atoms with Gasteiger partial charge in [0.15, 0.2) is 0 Å². The first-order valence-electron chi connectivity index (χ1n) is 9.03. The van der Waals surface area contributed by atoms with Crippen LogP contribution in [0, 0.1) is 17.8 Å². The summed E-state index contributed by atoms with van der Waals surface area (Å²) in [6.45, 7) is 4.85. The van der Waals surface area contributed by atoms with Gasteiger partial charge < -0.3 is 25.4 Å². The molecule has 1 aromatic rings. The van der Waals surface area contributed by atoms with Crippen molar-refractivity contribution < 1.29 is 24.9 Å². The number of rotatable bonds is 8. The van der Waals surface area contributed by atoms with Crippen molar-refractivity contribution in [3.63, 3.8) is 0 Å². The fourth-order valence-corrected chi connectivity index (χ4v) is 4.34. The van der Waals surface area contributed by atoms with E-state index in [9.17, 15) is 15.0 Å². The second-order valence-electron chi connectivity index (χ2n) is 6.96. The Morgan fingerprint density at radius 1 is 1.50 bits per heavy atom. The standard InChI is InChI=1S/C16H23NO4S.C3H6O/c18-7-10(19)8-21-11-6-15(22-9-11)16(20)17-5-4-14-12-2-1-3-13(12)14;1-3(2)4/h6,9-10,12-14,18-19H,1-5,7-8H2,(H,17,20);4H,1H2,2H3/p-1. The number of hydrogen-bond donors (Lipinski definition) is 3. The summed E-state index contributed by atoms with van der Waals surface area (Å²) >= 11 is 1.33. The van der Waals surface area contributed by atoms with Crippen LogP contribution in [0.5, 0.6) is 5.75 Å². The average molecular weight is 383 g/mol. The molecule has 6 nitrogen and oxygen atoms in total.